The second-order valence-corrected chi connectivity index (χ2v) is 6.15. The highest BCUT2D eigenvalue weighted by atomic mass is 16.4. The van der Waals surface area contributed by atoms with Gasteiger partial charge >= 0.3 is 5.97 Å². The van der Waals surface area contributed by atoms with Gasteiger partial charge in [0.15, 0.2) is 0 Å². The molecule has 1 aromatic carbocycles. The van der Waals surface area contributed by atoms with Gasteiger partial charge in [-0.25, -0.2) is 4.79 Å². The van der Waals surface area contributed by atoms with Crippen molar-refractivity contribution in [2.24, 2.45) is 0 Å². The van der Waals surface area contributed by atoms with Crippen LogP contribution in [0, 0.1) is 0 Å². The molecule has 24 heavy (non-hydrogen) atoms. The minimum atomic E-state index is -0.970. The summed E-state index contributed by atoms with van der Waals surface area (Å²) in [4.78, 5) is 39.0. The molecule has 1 saturated heterocycles. The zero-order chi connectivity index (χ0) is 17.7. The van der Waals surface area contributed by atoms with Crippen molar-refractivity contribution in [3.05, 3.63) is 35.4 Å². The average molecular weight is 332 g/mol. The number of hydrogen-bond acceptors (Lipinski definition) is 3. The van der Waals surface area contributed by atoms with E-state index < -0.39 is 5.97 Å². The molecule has 1 heterocycles. The molecule has 2 rings (SSSR count). The van der Waals surface area contributed by atoms with Crippen molar-refractivity contribution < 1.29 is 19.5 Å². The van der Waals surface area contributed by atoms with Crippen LogP contribution in [0.25, 0.3) is 0 Å². The van der Waals surface area contributed by atoms with Gasteiger partial charge in [-0.2, -0.15) is 0 Å². The lowest BCUT2D eigenvalue weighted by Gasteiger charge is -2.36. The number of carbonyl (C=O) groups excluding carboxylic acids is 2. The minimum absolute atomic E-state index is 0.0206. The smallest absolute Gasteiger partial charge is 0.335 e. The van der Waals surface area contributed by atoms with Gasteiger partial charge in [0.2, 0.25) is 11.8 Å². The summed E-state index contributed by atoms with van der Waals surface area (Å²) >= 11 is 0. The Hall–Kier alpha value is -2.37. The molecular formula is C18H24N2O4. The number of piperidine rings is 1. The van der Waals surface area contributed by atoms with E-state index in [9.17, 15) is 14.4 Å². The maximum atomic E-state index is 12.7. The molecule has 130 valence electrons. The first-order valence-corrected chi connectivity index (χ1v) is 8.30. The third-order valence-corrected chi connectivity index (χ3v) is 4.41. The van der Waals surface area contributed by atoms with Gasteiger partial charge in [0.05, 0.1) is 5.56 Å². The zero-order valence-electron chi connectivity index (χ0n) is 14.2. The Morgan fingerprint density at radius 1 is 1.21 bits per heavy atom. The summed E-state index contributed by atoms with van der Waals surface area (Å²) in [6.45, 7) is 2.85. The summed E-state index contributed by atoms with van der Waals surface area (Å²) in [6, 6.07) is 6.11. The largest absolute Gasteiger partial charge is 0.478 e. The molecule has 1 atom stereocenters. The van der Waals surface area contributed by atoms with Gasteiger partial charge < -0.3 is 14.9 Å². The second kappa shape index (κ2) is 7.95. The number of carboxylic acid groups (broad SMARTS) is 1. The molecular weight excluding hydrogens is 308 g/mol. The van der Waals surface area contributed by atoms with Crippen molar-refractivity contribution in [3.63, 3.8) is 0 Å². The number of nitrogens with zero attached hydrogens (tertiary/aromatic N) is 2. The van der Waals surface area contributed by atoms with Crippen molar-refractivity contribution >= 4 is 17.8 Å². The number of amides is 2. The Morgan fingerprint density at radius 3 is 2.46 bits per heavy atom. The molecule has 1 aliphatic rings. The van der Waals surface area contributed by atoms with Crippen molar-refractivity contribution in [1.82, 2.24) is 9.80 Å². The molecule has 2 amide bonds. The van der Waals surface area contributed by atoms with Crippen molar-refractivity contribution in [2.45, 2.75) is 45.2 Å². The first-order valence-electron chi connectivity index (χ1n) is 8.30. The van der Waals surface area contributed by atoms with Gasteiger partial charge in [0.25, 0.3) is 0 Å². The molecule has 0 saturated carbocycles. The number of likely N-dealkylation sites (tertiary alicyclic amines) is 1. The molecule has 1 unspecified atom stereocenters. The molecule has 1 aliphatic heterocycles. The number of likely N-dealkylation sites (N-methyl/N-ethyl adjacent to an activating group) is 1. The Labute approximate surface area is 142 Å². The Bertz CT molecular complexity index is 612. The quantitative estimate of drug-likeness (QED) is 0.896. The Morgan fingerprint density at radius 2 is 1.88 bits per heavy atom. The Balaban J connectivity index is 2.04. The fourth-order valence-corrected chi connectivity index (χ4v) is 3.05. The molecule has 0 bridgehead atoms. The maximum absolute atomic E-state index is 12.7. The normalized spacial score (nSPS) is 17.4. The average Bonchev–Trinajstić information content (AvgIpc) is 2.60. The molecule has 0 aromatic heterocycles. The fourth-order valence-electron chi connectivity index (χ4n) is 3.05. The number of carboxylic acids is 1. The predicted molar refractivity (Wildman–Crippen MR) is 89.5 cm³/mol. The van der Waals surface area contributed by atoms with E-state index in [4.69, 9.17) is 5.11 Å². The van der Waals surface area contributed by atoms with Crippen molar-refractivity contribution in [1.29, 1.82) is 0 Å². The van der Waals surface area contributed by atoms with E-state index in [-0.39, 0.29) is 23.4 Å². The third kappa shape index (κ3) is 4.13. The maximum Gasteiger partial charge on any atom is 0.335 e. The van der Waals surface area contributed by atoms with Crippen LogP contribution in [0.5, 0.6) is 0 Å². The third-order valence-electron chi connectivity index (χ3n) is 4.41. The van der Waals surface area contributed by atoms with Gasteiger partial charge in [-0.05, 0) is 37.0 Å². The van der Waals surface area contributed by atoms with Crippen LogP contribution in [-0.4, -0.2) is 52.3 Å². The molecule has 6 heteroatoms. The van der Waals surface area contributed by atoms with Crippen LogP contribution in [0.3, 0.4) is 0 Å². The summed E-state index contributed by atoms with van der Waals surface area (Å²) < 4.78 is 0. The van der Waals surface area contributed by atoms with Crippen LogP contribution in [-0.2, 0) is 16.1 Å². The predicted octanol–water partition coefficient (Wildman–Crippen LogP) is 2.13. The molecule has 0 radical (unpaired) electrons. The van der Waals surface area contributed by atoms with Crippen LogP contribution in [0.15, 0.2) is 24.3 Å². The molecule has 6 nitrogen and oxygen atoms in total. The lowest BCUT2D eigenvalue weighted by atomic mass is 10.00. The van der Waals surface area contributed by atoms with Crippen LogP contribution in [0.4, 0.5) is 0 Å². The Kier molecular flexibility index (Phi) is 5.95. The highest BCUT2D eigenvalue weighted by Crippen LogP contribution is 2.20. The minimum Gasteiger partial charge on any atom is -0.478 e. The van der Waals surface area contributed by atoms with Crippen LogP contribution >= 0.6 is 0 Å². The molecule has 1 fully saturated rings. The standard InChI is InChI=1S/C18H24N2O4/c1-3-16(21)20-11-5-4-6-15(20)17(22)19(2)12-13-7-9-14(10-8-13)18(23)24/h7-10,15H,3-6,11-12H2,1-2H3,(H,23,24). The van der Waals surface area contributed by atoms with Gasteiger partial charge in [0, 0.05) is 26.6 Å². The molecule has 1 aromatic rings. The monoisotopic (exact) mass is 332 g/mol. The fraction of sp³-hybridized carbons (Fsp3) is 0.500. The van der Waals surface area contributed by atoms with Gasteiger partial charge in [-0.1, -0.05) is 19.1 Å². The topological polar surface area (TPSA) is 77.9 Å². The number of benzene rings is 1. The number of carbonyl (C=O) groups is 3. The van der Waals surface area contributed by atoms with Crippen LogP contribution < -0.4 is 0 Å². The lowest BCUT2D eigenvalue weighted by molar-refractivity contribution is -0.147. The van der Waals surface area contributed by atoms with E-state index in [1.807, 2.05) is 6.92 Å². The van der Waals surface area contributed by atoms with Gasteiger partial charge in [0.1, 0.15) is 6.04 Å². The molecule has 0 spiro atoms. The number of rotatable bonds is 5. The van der Waals surface area contributed by atoms with Crippen LogP contribution in [0.2, 0.25) is 0 Å². The van der Waals surface area contributed by atoms with E-state index in [1.54, 1.807) is 29.0 Å². The second-order valence-electron chi connectivity index (χ2n) is 6.15. The SMILES string of the molecule is CCC(=O)N1CCCCC1C(=O)N(C)Cc1ccc(C(=O)O)cc1. The molecule has 0 aliphatic carbocycles. The highest BCUT2D eigenvalue weighted by molar-refractivity contribution is 5.88. The number of aromatic carboxylic acids is 1. The van der Waals surface area contributed by atoms with Crippen LogP contribution in [0.1, 0.15) is 48.5 Å². The lowest BCUT2D eigenvalue weighted by Crippen LogP contribution is -2.52. The highest BCUT2D eigenvalue weighted by Gasteiger charge is 2.32. The summed E-state index contributed by atoms with van der Waals surface area (Å²) in [5, 5.41) is 8.92. The van der Waals surface area contributed by atoms with E-state index in [0.717, 1.165) is 18.4 Å². The van der Waals surface area contributed by atoms with Crippen molar-refractivity contribution in [2.75, 3.05) is 13.6 Å². The molecule has 1 N–H and O–H groups in total. The zero-order valence-corrected chi connectivity index (χ0v) is 14.2. The van der Waals surface area contributed by atoms with Crippen molar-refractivity contribution in [3.8, 4) is 0 Å². The first-order chi connectivity index (χ1) is 11.4. The summed E-state index contributed by atoms with van der Waals surface area (Å²) in [5.74, 6) is -1.01. The van der Waals surface area contributed by atoms with E-state index in [0.29, 0.717) is 25.9 Å². The summed E-state index contributed by atoms with van der Waals surface area (Å²) in [7, 11) is 1.72. The first kappa shape index (κ1) is 18.0. The summed E-state index contributed by atoms with van der Waals surface area (Å²) in [5.41, 5.74) is 1.08. The number of hydrogen-bond donors (Lipinski definition) is 1. The summed E-state index contributed by atoms with van der Waals surface area (Å²) in [6.07, 6.45) is 3.00. The van der Waals surface area contributed by atoms with E-state index in [2.05, 4.69) is 0 Å². The van der Waals surface area contributed by atoms with E-state index in [1.165, 1.54) is 12.1 Å². The van der Waals surface area contributed by atoms with E-state index >= 15 is 0 Å². The van der Waals surface area contributed by atoms with Gasteiger partial charge in [-0.15, -0.1) is 0 Å². The van der Waals surface area contributed by atoms with Gasteiger partial charge in [-0.3, -0.25) is 9.59 Å².